The lowest BCUT2D eigenvalue weighted by atomic mass is 9.95. The number of H-pyrrole nitrogens is 1. The summed E-state index contributed by atoms with van der Waals surface area (Å²) in [5.41, 5.74) is 0.374. The molecule has 152 valence electrons. The van der Waals surface area contributed by atoms with Crippen LogP contribution < -0.4 is 21.3 Å². The Balaban J connectivity index is 1.95. The number of pyridine rings is 1. The Morgan fingerprint density at radius 1 is 1.24 bits per heavy atom. The summed E-state index contributed by atoms with van der Waals surface area (Å²) in [5.74, 6) is 0.527. The van der Waals surface area contributed by atoms with E-state index in [9.17, 15) is 14.4 Å². The summed E-state index contributed by atoms with van der Waals surface area (Å²) >= 11 is 0. The molecule has 0 unspecified atom stereocenters. The number of hydrogen-bond acceptors (Lipinski definition) is 5. The number of carbonyl (C=O) groups excluding carboxylic acids is 1. The minimum atomic E-state index is -0.563. The Morgan fingerprint density at radius 3 is 2.52 bits per heavy atom. The Hall–Kier alpha value is -3.42. The predicted octanol–water partition coefficient (Wildman–Crippen LogP) is 2.24. The van der Waals surface area contributed by atoms with E-state index in [2.05, 4.69) is 15.3 Å². The fraction of sp³-hybridized carbons (Fsp3) is 0.333. The fourth-order valence-corrected chi connectivity index (χ4v) is 3.26. The Kier molecular flexibility index (Phi) is 5.81. The first kappa shape index (κ1) is 20.3. The molecule has 0 saturated carbocycles. The molecule has 0 saturated heterocycles. The number of ether oxygens (including phenoxy) is 1. The van der Waals surface area contributed by atoms with Crippen LogP contribution in [-0.4, -0.2) is 27.6 Å². The molecule has 2 heterocycles. The van der Waals surface area contributed by atoms with Crippen molar-refractivity contribution >= 4 is 16.9 Å². The number of aryl methyl sites for hydroxylation is 1. The summed E-state index contributed by atoms with van der Waals surface area (Å²) < 4.78 is 6.54. The first-order chi connectivity index (χ1) is 13.8. The average molecular weight is 396 g/mol. The zero-order chi connectivity index (χ0) is 21.1. The van der Waals surface area contributed by atoms with Crippen LogP contribution in [0.4, 0.5) is 0 Å². The molecule has 0 aliphatic heterocycles. The molecule has 0 bridgehead atoms. The lowest BCUT2D eigenvalue weighted by molar-refractivity contribution is 0.0925. The molecule has 2 N–H and O–H groups in total. The van der Waals surface area contributed by atoms with Gasteiger partial charge in [-0.1, -0.05) is 26.0 Å². The van der Waals surface area contributed by atoms with E-state index < -0.39 is 11.2 Å². The topological polar surface area (TPSA) is 106 Å². The molecule has 0 radical (unpaired) electrons. The second kappa shape index (κ2) is 8.30. The highest BCUT2D eigenvalue weighted by molar-refractivity contribution is 5.97. The van der Waals surface area contributed by atoms with Gasteiger partial charge < -0.3 is 10.1 Å². The van der Waals surface area contributed by atoms with E-state index in [0.29, 0.717) is 6.54 Å². The van der Waals surface area contributed by atoms with E-state index in [4.69, 9.17) is 4.74 Å². The maximum Gasteiger partial charge on any atom is 0.329 e. The van der Waals surface area contributed by atoms with Gasteiger partial charge in [0.25, 0.3) is 11.5 Å². The number of methoxy groups -OCH3 is 1. The zero-order valence-electron chi connectivity index (χ0n) is 16.9. The van der Waals surface area contributed by atoms with Gasteiger partial charge in [0.05, 0.1) is 24.1 Å². The van der Waals surface area contributed by atoms with Crippen molar-refractivity contribution in [1.29, 1.82) is 0 Å². The number of benzene rings is 1. The molecule has 1 amide bonds. The highest BCUT2D eigenvalue weighted by atomic mass is 16.5. The number of hydrogen-bond donors (Lipinski definition) is 2. The van der Waals surface area contributed by atoms with E-state index in [1.807, 2.05) is 38.1 Å². The van der Waals surface area contributed by atoms with Gasteiger partial charge in [-0.2, -0.15) is 0 Å². The summed E-state index contributed by atoms with van der Waals surface area (Å²) in [6.07, 6.45) is 1.38. The molecule has 8 nitrogen and oxygen atoms in total. The van der Waals surface area contributed by atoms with E-state index >= 15 is 0 Å². The Morgan fingerprint density at radius 2 is 1.93 bits per heavy atom. The molecule has 2 aromatic heterocycles. The maximum atomic E-state index is 12.9. The first-order valence-corrected chi connectivity index (χ1v) is 9.43. The Labute approximate surface area is 167 Å². The summed E-state index contributed by atoms with van der Waals surface area (Å²) in [4.78, 5) is 43.5. The standard InChI is InChI=1S/C21H24N4O4/c1-5-25-18-16(20(27)24-21(25)28)10-14(11-22-18)19(26)23-17(12(2)3)13-6-8-15(29-4)9-7-13/h6-12,17H,5H2,1-4H3,(H,23,26)(H,24,27,28)/t17-/m0/s1. The highest BCUT2D eigenvalue weighted by Gasteiger charge is 2.20. The zero-order valence-corrected chi connectivity index (χ0v) is 16.9. The Bertz CT molecular complexity index is 1150. The summed E-state index contributed by atoms with van der Waals surface area (Å²) in [5, 5.41) is 3.21. The van der Waals surface area contributed by atoms with Gasteiger partial charge in [-0.3, -0.25) is 19.1 Å². The lowest BCUT2D eigenvalue weighted by Crippen LogP contribution is -2.33. The van der Waals surface area contributed by atoms with Crippen LogP contribution >= 0.6 is 0 Å². The molecule has 8 heteroatoms. The minimum absolute atomic E-state index is 0.134. The van der Waals surface area contributed by atoms with Crippen molar-refractivity contribution in [2.45, 2.75) is 33.4 Å². The number of fused-ring (bicyclic) bond motifs is 1. The van der Waals surface area contributed by atoms with Crippen molar-refractivity contribution in [2.24, 2.45) is 5.92 Å². The van der Waals surface area contributed by atoms with Crippen LogP contribution in [-0.2, 0) is 6.54 Å². The number of aromatic nitrogens is 3. The molecule has 1 aromatic carbocycles. The normalized spacial score (nSPS) is 12.2. The maximum absolute atomic E-state index is 12.9. The second-order valence-corrected chi connectivity index (χ2v) is 7.07. The van der Waals surface area contributed by atoms with E-state index in [-0.39, 0.29) is 34.5 Å². The summed E-state index contributed by atoms with van der Waals surface area (Å²) in [7, 11) is 1.60. The number of rotatable bonds is 6. The predicted molar refractivity (Wildman–Crippen MR) is 110 cm³/mol. The molecular formula is C21H24N4O4. The lowest BCUT2D eigenvalue weighted by Gasteiger charge is -2.23. The molecular weight excluding hydrogens is 372 g/mol. The van der Waals surface area contributed by atoms with Gasteiger partial charge in [0.2, 0.25) is 0 Å². The van der Waals surface area contributed by atoms with Crippen molar-refractivity contribution in [3.63, 3.8) is 0 Å². The molecule has 3 aromatic rings. The van der Waals surface area contributed by atoms with Crippen LogP contribution in [0.3, 0.4) is 0 Å². The average Bonchev–Trinajstić information content (AvgIpc) is 2.71. The summed E-state index contributed by atoms with van der Waals surface area (Å²) in [6.45, 7) is 6.16. The molecule has 0 aliphatic carbocycles. The van der Waals surface area contributed by atoms with Crippen molar-refractivity contribution in [3.05, 3.63) is 68.5 Å². The molecule has 29 heavy (non-hydrogen) atoms. The fourth-order valence-electron chi connectivity index (χ4n) is 3.26. The van der Waals surface area contributed by atoms with E-state index in [1.54, 1.807) is 14.0 Å². The molecule has 1 atom stereocenters. The molecule has 0 aliphatic rings. The van der Waals surface area contributed by atoms with Crippen molar-refractivity contribution < 1.29 is 9.53 Å². The van der Waals surface area contributed by atoms with Crippen LogP contribution in [0, 0.1) is 5.92 Å². The number of carbonyl (C=O) groups is 1. The number of nitrogens with one attached hydrogen (secondary N) is 2. The minimum Gasteiger partial charge on any atom is -0.497 e. The number of amides is 1. The van der Waals surface area contributed by atoms with E-state index in [0.717, 1.165) is 11.3 Å². The highest BCUT2D eigenvalue weighted by Crippen LogP contribution is 2.24. The van der Waals surface area contributed by atoms with Crippen LogP contribution in [0.2, 0.25) is 0 Å². The third-order valence-corrected chi connectivity index (χ3v) is 4.84. The second-order valence-electron chi connectivity index (χ2n) is 7.07. The smallest absolute Gasteiger partial charge is 0.329 e. The van der Waals surface area contributed by atoms with Gasteiger partial charge in [-0.25, -0.2) is 9.78 Å². The largest absolute Gasteiger partial charge is 0.497 e. The van der Waals surface area contributed by atoms with Gasteiger partial charge in [-0.15, -0.1) is 0 Å². The van der Waals surface area contributed by atoms with Crippen LogP contribution in [0.15, 0.2) is 46.1 Å². The summed E-state index contributed by atoms with van der Waals surface area (Å²) in [6, 6.07) is 8.75. The quantitative estimate of drug-likeness (QED) is 0.665. The third kappa shape index (κ3) is 4.06. The monoisotopic (exact) mass is 396 g/mol. The molecule has 3 rings (SSSR count). The van der Waals surface area contributed by atoms with Crippen LogP contribution in [0.25, 0.3) is 11.0 Å². The molecule has 0 fully saturated rings. The van der Waals surface area contributed by atoms with Gasteiger partial charge >= 0.3 is 5.69 Å². The number of nitrogens with zero attached hydrogens (tertiary/aromatic N) is 2. The van der Waals surface area contributed by atoms with Gasteiger partial charge in [0.15, 0.2) is 0 Å². The molecule has 0 spiro atoms. The van der Waals surface area contributed by atoms with Gasteiger partial charge in [-0.05, 0) is 36.6 Å². The van der Waals surface area contributed by atoms with Crippen LogP contribution in [0.1, 0.15) is 42.7 Å². The van der Waals surface area contributed by atoms with E-state index in [1.165, 1.54) is 16.8 Å². The van der Waals surface area contributed by atoms with Crippen molar-refractivity contribution in [2.75, 3.05) is 7.11 Å². The third-order valence-electron chi connectivity index (χ3n) is 4.84. The van der Waals surface area contributed by atoms with Crippen LogP contribution in [0.5, 0.6) is 5.75 Å². The number of aromatic amines is 1. The SMILES string of the molecule is CCn1c(=O)[nH]c(=O)c2cc(C(=O)N[C@H](c3ccc(OC)cc3)C(C)C)cnc21. The van der Waals surface area contributed by atoms with Crippen molar-refractivity contribution in [3.8, 4) is 5.75 Å². The van der Waals surface area contributed by atoms with Gasteiger partial charge in [0, 0.05) is 12.7 Å². The van der Waals surface area contributed by atoms with Gasteiger partial charge in [0.1, 0.15) is 11.4 Å². The first-order valence-electron chi connectivity index (χ1n) is 9.43. The van der Waals surface area contributed by atoms with Crippen molar-refractivity contribution in [1.82, 2.24) is 19.9 Å².